The third-order valence-corrected chi connectivity index (χ3v) is 6.39. The fraction of sp³-hybridized carbons (Fsp3) is 0.300. The van der Waals surface area contributed by atoms with Crippen molar-refractivity contribution >= 4 is 22.1 Å². The van der Waals surface area contributed by atoms with E-state index in [1.54, 1.807) is 25.3 Å². The zero-order valence-corrected chi connectivity index (χ0v) is 17.5. The van der Waals surface area contributed by atoms with Gasteiger partial charge in [-0.05, 0) is 42.0 Å². The first-order chi connectivity index (χ1) is 14.5. The van der Waals surface area contributed by atoms with Gasteiger partial charge in [0.2, 0.25) is 10.0 Å². The molecule has 0 bridgehead atoms. The van der Waals surface area contributed by atoms with Crippen LogP contribution < -0.4 is 14.9 Å². The smallest absolute Gasteiger partial charge is 0.271 e. The molecule has 0 unspecified atom stereocenters. The Morgan fingerprint density at radius 2 is 1.83 bits per heavy atom. The van der Waals surface area contributed by atoms with Crippen molar-refractivity contribution in [2.75, 3.05) is 40.5 Å². The molecule has 10 heteroatoms. The Kier molecular flexibility index (Phi) is 7.03. The van der Waals surface area contributed by atoms with Crippen LogP contribution in [0.5, 0.6) is 11.5 Å². The first-order valence-corrected chi connectivity index (χ1v) is 10.6. The quantitative estimate of drug-likeness (QED) is 0.524. The standard InChI is InChI=1S/C20H23N3O6S/c1-27-18-7-6-15(12-19(18)28-2)14-21-22-20(24)16-4-3-5-17(13-16)30(25,26)23-8-10-29-11-9-23/h3-7,12-14H,8-11H2,1-2H3,(H,22,24). The summed E-state index contributed by atoms with van der Waals surface area (Å²) in [5, 5.41) is 3.93. The molecule has 1 aliphatic heterocycles. The number of benzene rings is 2. The van der Waals surface area contributed by atoms with E-state index in [0.29, 0.717) is 30.3 Å². The number of rotatable bonds is 7. The Hall–Kier alpha value is -2.95. The van der Waals surface area contributed by atoms with Crippen LogP contribution >= 0.6 is 0 Å². The molecule has 1 aliphatic rings. The fourth-order valence-corrected chi connectivity index (χ4v) is 4.35. The number of nitrogens with zero attached hydrogens (tertiary/aromatic N) is 2. The van der Waals surface area contributed by atoms with Crippen LogP contribution in [0.15, 0.2) is 52.5 Å². The summed E-state index contributed by atoms with van der Waals surface area (Å²) in [5.41, 5.74) is 3.28. The molecule has 2 aromatic carbocycles. The summed E-state index contributed by atoms with van der Waals surface area (Å²) in [6, 6.07) is 11.1. The normalized spacial score (nSPS) is 15.1. The van der Waals surface area contributed by atoms with Gasteiger partial charge in [0.15, 0.2) is 11.5 Å². The summed E-state index contributed by atoms with van der Waals surface area (Å²) in [5.74, 6) is 0.594. The molecule has 1 saturated heterocycles. The minimum atomic E-state index is -3.69. The van der Waals surface area contributed by atoms with Crippen molar-refractivity contribution in [2.24, 2.45) is 5.10 Å². The number of sulfonamides is 1. The van der Waals surface area contributed by atoms with Gasteiger partial charge in [0.25, 0.3) is 5.91 Å². The highest BCUT2D eigenvalue weighted by Crippen LogP contribution is 2.26. The average Bonchev–Trinajstić information content (AvgIpc) is 2.79. The zero-order valence-electron chi connectivity index (χ0n) is 16.7. The van der Waals surface area contributed by atoms with E-state index in [-0.39, 0.29) is 23.5 Å². The largest absolute Gasteiger partial charge is 0.493 e. The lowest BCUT2D eigenvalue weighted by Gasteiger charge is -2.26. The highest BCUT2D eigenvalue weighted by atomic mass is 32.2. The van der Waals surface area contributed by atoms with Crippen LogP contribution in [0, 0.1) is 0 Å². The van der Waals surface area contributed by atoms with Crippen LogP contribution in [0.1, 0.15) is 15.9 Å². The lowest BCUT2D eigenvalue weighted by molar-refractivity contribution is 0.0730. The third-order valence-electron chi connectivity index (χ3n) is 4.49. The third kappa shape index (κ3) is 4.96. The van der Waals surface area contributed by atoms with Crippen LogP contribution in [0.25, 0.3) is 0 Å². The van der Waals surface area contributed by atoms with Crippen molar-refractivity contribution in [3.63, 3.8) is 0 Å². The van der Waals surface area contributed by atoms with Gasteiger partial charge in [-0.1, -0.05) is 6.07 Å². The molecule has 3 rings (SSSR count). The van der Waals surface area contributed by atoms with Gasteiger partial charge in [-0.3, -0.25) is 4.79 Å². The maximum absolute atomic E-state index is 12.8. The van der Waals surface area contributed by atoms with Gasteiger partial charge in [0.1, 0.15) is 0 Å². The predicted octanol–water partition coefficient (Wildman–Crippen LogP) is 1.49. The lowest BCUT2D eigenvalue weighted by Crippen LogP contribution is -2.40. The summed E-state index contributed by atoms with van der Waals surface area (Å²) in [6.45, 7) is 1.28. The molecule has 160 valence electrons. The van der Waals surface area contributed by atoms with E-state index >= 15 is 0 Å². The van der Waals surface area contributed by atoms with Crippen molar-refractivity contribution < 1.29 is 27.4 Å². The molecule has 0 radical (unpaired) electrons. The zero-order chi connectivity index (χ0) is 21.6. The number of hydrogen-bond acceptors (Lipinski definition) is 7. The molecular formula is C20H23N3O6S. The van der Waals surface area contributed by atoms with E-state index < -0.39 is 15.9 Å². The topological polar surface area (TPSA) is 107 Å². The second kappa shape index (κ2) is 9.70. The van der Waals surface area contributed by atoms with E-state index in [0.717, 1.165) is 0 Å². The van der Waals surface area contributed by atoms with E-state index in [1.807, 2.05) is 0 Å². The maximum Gasteiger partial charge on any atom is 0.271 e. The number of ether oxygens (including phenoxy) is 3. The number of amides is 1. The Bertz CT molecular complexity index is 1030. The minimum Gasteiger partial charge on any atom is -0.493 e. The number of hydrogen-bond donors (Lipinski definition) is 1. The Morgan fingerprint density at radius 1 is 1.10 bits per heavy atom. The van der Waals surface area contributed by atoms with Gasteiger partial charge < -0.3 is 14.2 Å². The van der Waals surface area contributed by atoms with Gasteiger partial charge in [-0.15, -0.1) is 0 Å². The van der Waals surface area contributed by atoms with Gasteiger partial charge in [-0.25, -0.2) is 13.8 Å². The number of hydrazone groups is 1. The minimum absolute atomic E-state index is 0.0564. The molecule has 0 aromatic heterocycles. The molecule has 0 atom stereocenters. The maximum atomic E-state index is 12.8. The number of methoxy groups -OCH3 is 2. The van der Waals surface area contributed by atoms with E-state index in [9.17, 15) is 13.2 Å². The van der Waals surface area contributed by atoms with E-state index in [4.69, 9.17) is 14.2 Å². The first-order valence-electron chi connectivity index (χ1n) is 9.19. The SMILES string of the molecule is COc1ccc(C=NNC(=O)c2cccc(S(=O)(=O)N3CCOCC3)c2)cc1OC. The number of carbonyl (C=O) groups excluding carboxylic acids is 1. The van der Waals surface area contributed by atoms with Gasteiger partial charge in [0.05, 0.1) is 38.5 Å². The highest BCUT2D eigenvalue weighted by Gasteiger charge is 2.26. The van der Waals surface area contributed by atoms with Crippen LogP contribution in [0.2, 0.25) is 0 Å². The van der Waals surface area contributed by atoms with Gasteiger partial charge >= 0.3 is 0 Å². The van der Waals surface area contributed by atoms with E-state index in [2.05, 4.69) is 10.5 Å². The molecule has 1 N–H and O–H groups in total. The number of carbonyl (C=O) groups is 1. The average molecular weight is 433 g/mol. The second-order valence-corrected chi connectivity index (χ2v) is 8.30. The van der Waals surface area contributed by atoms with Crippen LogP contribution in [0.3, 0.4) is 0 Å². The highest BCUT2D eigenvalue weighted by molar-refractivity contribution is 7.89. The molecule has 2 aromatic rings. The summed E-state index contributed by atoms with van der Waals surface area (Å²) in [6.07, 6.45) is 1.45. The summed E-state index contributed by atoms with van der Waals surface area (Å²) >= 11 is 0. The molecule has 0 spiro atoms. The second-order valence-electron chi connectivity index (χ2n) is 6.36. The predicted molar refractivity (Wildman–Crippen MR) is 111 cm³/mol. The van der Waals surface area contributed by atoms with Crippen LogP contribution in [-0.2, 0) is 14.8 Å². The fourth-order valence-electron chi connectivity index (χ4n) is 2.90. The summed E-state index contributed by atoms with van der Waals surface area (Å²) in [4.78, 5) is 12.5. The molecule has 0 saturated carbocycles. The van der Waals surface area contributed by atoms with Crippen LogP contribution in [0.4, 0.5) is 0 Å². The molecule has 30 heavy (non-hydrogen) atoms. The van der Waals surface area contributed by atoms with Crippen molar-refractivity contribution in [3.05, 3.63) is 53.6 Å². The van der Waals surface area contributed by atoms with Crippen LogP contribution in [-0.4, -0.2) is 65.4 Å². The number of morpholine rings is 1. The van der Waals surface area contributed by atoms with Crippen molar-refractivity contribution in [1.82, 2.24) is 9.73 Å². The van der Waals surface area contributed by atoms with Crippen molar-refractivity contribution in [2.45, 2.75) is 4.90 Å². The van der Waals surface area contributed by atoms with Gasteiger partial charge in [-0.2, -0.15) is 9.41 Å². The van der Waals surface area contributed by atoms with E-state index in [1.165, 1.54) is 41.9 Å². The molecule has 1 amide bonds. The molecule has 1 fully saturated rings. The molecule has 0 aliphatic carbocycles. The summed E-state index contributed by atoms with van der Waals surface area (Å²) < 4.78 is 42.5. The number of nitrogens with one attached hydrogen (secondary N) is 1. The molecule has 9 nitrogen and oxygen atoms in total. The van der Waals surface area contributed by atoms with Crippen molar-refractivity contribution in [1.29, 1.82) is 0 Å². The molecule has 1 heterocycles. The molecular weight excluding hydrogens is 410 g/mol. The monoisotopic (exact) mass is 433 g/mol. The summed E-state index contributed by atoms with van der Waals surface area (Å²) in [7, 11) is -0.620. The van der Waals surface area contributed by atoms with Gasteiger partial charge in [0, 0.05) is 18.7 Å². The van der Waals surface area contributed by atoms with Crippen molar-refractivity contribution in [3.8, 4) is 11.5 Å². The Balaban J connectivity index is 1.70. The first kappa shape index (κ1) is 21.8. The lowest BCUT2D eigenvalue weighted by atomic mass is 10.2. The Morgan fingerprint density at radius 3 is 2.53 bits per heavy atom. The Labute approximate surface area is 175 Å².